The maximum absolute atomic E-state index is 12.7. The molecule has 0 saturated heterocycles. The molecular weight excluding hydrogens is 418 g/mol. The van der Waals surface area contributed by atoms with Crippen molar-refractivity contribution in [1.29, 1.82) is 0 Å². The van der Waals surface area contributed by atoms with Gasteiger partial charge in [0.2, 0.25) is 0 Å². The van der Waals surface area contributed by atoms with E-state index >= 15 is 0 Å². The van der Waals surface area contributed by atoms with Crippen molar-refractivity contribution in [3.05, 3.63) is 43.0 Å². The van der Waals surface area contributed by atoms with Crippen LogP contribution in [0.5, 0.6) is 5.75 Å². The number of carbonyl (C=O) groups is 1. The fraction of sp³-hybridized carbons (Fsp3) is 0.267. The van der Waals surface area contributed by atoms with E-state index in [2.05, 4.69) is 31.9 Å². The van der Waals surface area contributed by atoms with Gasteiger partial charge in [0.25, 0.3) is 5.91 Å². The van der Waals surface area contributed by atoms with Gasteiger partial charge in [-0.1, -0.05) is 0 Å². The number of fused-ring (bicyclic) bond motifs is 1. The molecule has 0 spiro atoms. The summed E-state index contributed by atoms with van der Waals surface area (Å²) in [6.07, 6.45) is 1.95. The normalized spacial score (nSPS) is 14.0. The molecule has 0 bridgehead atoms. The second-order valence-corrected chi connectivity index (χ2v) is 8.01. The highest BCUT2D eigenvalue weighted by Gasteiger charge is 2.25. The summed E-state index contributed by atoms with van der Waals surface area (Å²) in [4.78, 5) is 15.3. The van der Waals surface area contributed by atoms with Crippen molar-refractivity contribution in [2.75, 3.05) is 18.6 Å². The molecule has 3 nitrogen and oxygen atoms in total. The Bertz CT molecular complexity index is 679. The quantitative estimate of drug-likeness (QED) is 0.679. The van der Waals surface area contributed by atoms with E-state index in [9.17, 15) is 4.79 Å². The standard InChI is InChI=1S/C15H13Br2NO2S/c1-20-10-4-5-12-9(7-10)3-2-6-18(12)15(19)13-8-11(16)14(17)21-13/h4-5,7-8H,2-3,6H2,1H3. The Morgan fingerprint density at radius 1 is 1.33 bits per heavy atom. The van der Waals surface area contributed by atoms with Crippen molar-refractivity contribution in [2.45, 2.75) is 12.8 Å². The van der Waals surface area contributed by atoms with Crippen LogP contribution in [0.2, 0.25) is 0 Å². The van der Waals surface area contributed by atoms with Crippen LogP contribution >= 0.6 is 43.2 Å². The number of rotatable bonds is 2. The minimum Gasteiger partial charge on any atom is -0.497 e. The largest absolute Gasteiger partial charge is 0.497 e. The van der Waals surface area contributed by atoms with Gasteiger partial charge in [-0.15, -0.1) is 11.3 Å². The lowest BCUT2D eigenvalue weighted by atomic mass is 10.0. The summed E-state index contributed by atoms with van der Waals surface area (Å²) in [6, 6.07) is 7.78. The molecular formula is C15H13Br2NO2S. The van der Waals surface area contributed by atoms with Gasteiger partial charge in [-0.05, 0) is 74.5 Å². The van der Waals surface area contributed by atoms with Gasteiger partial charge in [0.05, 0.1) is 15.8 Å². The van der Waals surface area contributed by atoms with Gasteiger partial charge < -0.3 is 9.64 Å². The first kappa shape index (κ1) is 15.1. The van der Waals surface area contributed by atoms with Gasteiger partial charge >= 0.3 is 0 Å². The van der Waals surface area contributed by atoms with Crippen LogP contribution < -0.4 is 9.64 Å². The number of ether oxygens (including phenoxy) is 1. The molecule has 1 aromatic carbocycles. The molecule has 21 heavy (non-hydrogen) atoms. The molecule has 1 aromatic heterocycles. The van der Waals surface area contributed by atoms with Gasteiger partial charge in [0.1, 0.15) is 5.75 Å². The number of benzene rings is 1. The zero-order chi connectivity index (χ0) is 15.0. The Hall–Kier alpha value is -0.850. The third-order valence-electron chi connectivity index (χ3n) is 3.51. The lowest BCUT2D eigenvalue weighted by Crippen LogP contribution is -2.35. The van der Waals surface area contributed by atoms with E-state index in [0.29, 0.717) is 0 Å². The monoisotopic (exact) mass is 429 g/mol. The zero-order valence-corrected chi connectivity index (χ0v) is 15.3. The summed E-state index contributed by atoms with van der Waals surface area (Å²) >= 11 is 8.33. The van der Waals surface area contributed by atoms with Crippen LogP contribution in [0, 0.1) is 0 Å². The summed E-state index contributed by atoms with van der Waals surface area (Å²) in [5, 5.41) is 0. The Balaban J connectivity index is 1.96. The van der Waals surface area contributed by atoms with Crippen molar-refractivity contribution in [3.8, 4) is 5.75 Å². The minimum absolute atomic E-state index is 0.0533. The van der Waals surface area contributed by atoms with Crippen LogP contribution in [-0.2, 0) is 6.42 Å². The Kier molecular flexibility index (Phi) is 4.38. The van der Waals surface area contributed by atoms with Gasteiger partial charge in [-0.2, -0.15) is 0 Å². The fourth-order valence-electron chi connectivity index (χ4n) is 2.50. The van der Waals surface area contributed by atoms with Crippen molar-refractivity contribution < 1.29 is 9.53 Å². The average molecular weight is 431 g/mol. The lowest BCUT2D eigenvalue weighted by molar-refractivity contribution is 0.0989. The van der Waals surface area contributed by atoms with E-state index in [1.807, 2.05) is 29.2 Å². The molecule has 0 unspecified atom stereocenters. The van der Waals surface area contributed by atoms with E-state index in [4.69, 9.17) is 4.74 Å². The zero-order valence-electron chi connectivity index (χ0n) is 11.4. The molecule has 0 fully saturated rings. The highest BCUT2D eigenvalue weighted by molar-refractivity contribution is 9.13. The first-order chi connectivity index (χ1) is 10.1. The second-order valence-electron chi connectivity index (χ2n) is 4.79. The highest BCUT2D eigenvalue weighted by Crippen LogP contribution is 2.36. The van der Waals surface area contributed by atoms with E-state index < -0.39 is 0 Å². The number of carbonyl (C=O) groups excluding carboxylic acids is 1. The number of hydrogen-bond acceptors (Lipinski definition) is 3. The number of thiophene rings is 1. The number of methoxy groups -OCH3 is 1. The molecule has 1 aliphatic rings. The predicted molar refractivity (Wildman–Crippen MR) is 92.7 cm³/mol. The van der Waals surface area contributed by atoms with Gasteiger partial charge in [0, 0.05) is 16.7 Å². The molecule has 0 atom stereocenters. The number of nitrogens with zero attached hydrogens (tertiary/aromatic N) is 1. The number of amides is 1. The van der Waals surface area contributed by atoms with E-state index in [1.54, 1.807) is 7.11 Å². The third kappa shape index (κ3) is 2.89. The average Bonchev–Trinajstić information content (AvgIpc) is 2.84. The summed E-state index contributed by atoms with van der Waals surface area (Å²) in [5.41, 5.74) is 2.16. The van der Waals surface area contributed by atoms with Crippen molar-refractivity contribution in [1.82, 2.24) is 0 Å². The van der Waals surface area contributed by atoms with Crippen molar-refractivity contribution in [2.24, 2.45) is 0 Å². The van der Waals surface area contributed by atoms with E-state index in [0.717, 1.165) is 44.0 Å². The Morgan fingerprint density at radius 3 is 2.81 bits per heavy atom. The number of anilines is 1. The van der Waals surface area contributed by atoms with Crippen LogP contribution in [0.4, 0.5) is 5.69 Å². The molecule has 0 aliphatic carbocycles. The topological polar surface area (TPSA) is 29.5 Å². The van der Waals surface area contributed by atoms with Crippen LogP contribution in [0.3, 0.4) is 0 Å². The smallest absolute Gasteiger partial charge is 0.268 e. The first-order valence-corrected chi connectivity index (χ1v) is 8.94. The molecule has 2 aromatic rings. The maximum atomic E-state index is 12.7. The first-order valence-electron chi connectivity index (χ1n) is 6.54. The third-order valence-corrected chi connectivity index (χ3v) is 6.75. The van der Waals surface area contributed by atoms with E-state index in [1.165, 1.54) is 16.9 Å². The SMILES string of the molecule is COc1ccc2c(c1)CCCN2C(=O)c1cc(Br)c(Br)s1. The highest BCUT2D eigenvalue weighted by atomic mass is 79.9. The minimum atomic E-state index is 0.0533. The van der Waals surface area contributed by atoms with Crippen LogP contribution in [0.1, 0.15) is 21.7 Å². The number of halogens is 2. The van der Waals surface area contributed by atoms with Crippen LogP contribution in [0.15, 0.2) is 32.5 Å². The lowest BCUT2D eigenvalue weighted by Gasteiger charge is -2.29. The molecule has 3 rings (SSSR count). The fourth-order valence-corrected chi connectivity index (χ4v) is 4.48. The van der Waals surface area contributed by atoms with Crippen LogP contribution in [-0.4, -0.2) is 19.6 Å². The Labute approximate surface area is 144 Å². The molecule has 0 N–H and O–H groups in total. The molecule has 0 saturated carbocycles. The summed E-state index contributed by atoms with van der Waals surface area (Å²) in [7, 11) is 1.66. The van der Waals surface area contributed by atoms with Crippen LogP contribution in [0.25, 0.3) is 0 Å². The van der Waals surface area contributed by atoms with Crippen molar-refractivity contribution in [3.63, 3.8) is 0 Å². The molecule has 110 valence electrons. The molecule has 1 amide bonds. The molecule has 2 heterocycles. The van der Waals surface area contributed by atoms with Gasteiger partial charge in [-0.25, -0.2) is 0 Å². The summed E-state index contributed by atoms with van der Waals surface area (Å²) < 4.78 is 7.13. The van der Waals surface area contributed by atoms with Gasteiger partial charge in [0.15, 0.2) is 0 Å². The van der Waals surface area contributed by atoms with E-state index in [-0.39, 0.29) is 5.91 Å². The number of aryl methyl sites for hydroxylation is 1. The maximum Gasteiger partial charge on any atom is 0.268 e. The molecule has 6 heteroatoms. The molecule has 0 radical (unpaired) electrons. The number of hydrogen-bond donors (Lipinski definition) is 0. The van der Waals surface area contributed by atoms with Gasteiger partial charge in [-0.3, -0.25) is 4.79 Å². The molecule has 1 aliphatic heterocycles. The van der Waals surface area contributed by atoms with Crippen molar-refractivity contribution >= 4 is 54.8 Å². The summed E-state index contributed by atoms with van der Waals surface area (Å²) in [6.45, 7) is 0.755. The summed E-state index contributed by atoms with van der Waals surface area (Å²) in [5.74, 6) is 0.891. The second kappa shape index (κ2) is 6.10. The Morgan fingerprint density at radius 2 is 2.14 bits per heavy atom. The predicted octanol–water partition coefficient (Wildman–Crippen LogP) is 4.87.